The molecular formula is C12H22N2OS. The Balaban J connectivity index is 2.46. The Morgan fingerprint density at radius 1 is 1.38 bits per heavy atom. The number of thiazole rings is 1. The first-order valence-corrected chi connectivity index (χ1v) is 6.52. The molecule has 0 saturated carbocycles. The van der Waals surface area contributed by atoms with Crippen molar-refractivity contribution in [1.29, 1.82) is 0 Å². The lowest BCUT2D eigenvalue weighted by Crippen LogP contribution is -2.27. The van der Waals surface area contributed by atoms with Crippen molar-refractivity contribution in [3.8, 4) is 0 Å². The van der Waals surface area contributed by atoms with Crippen LogP contribution in [0, 0.1) is 19.8 Å². The van der Waals surface area contributed by atoms with Gasteiger partial charge in [0.2, 0.25) is 0 Å². The molecule has 1 N–H and O–H groups in total. The van der Waals surface area contributed by atoms with Gasteiger partial charge in [-0.2, -0.15) is 0 Å². The van der Waals surface area contributed by atoms with E-state index < -0.39 is 0 Å². The van der Waals surface area contributed by atoms with Gasteiger partial charge >= 0.3 is 0 Å². The number of methoxy groups -OCH3 is 1. The predicted molar refractivity (Wildman–Crippen MR) is 69.0 cm³/mol. The highest BCUT2D eigenvalue weighted by Crippen LogP contribution is 2.22. The normalized spacial score (nSPS) is 15.1. The molecule has 1 rings (SSSR count). The van der Waals surface area contributed by atoms with Crippen LogP contribution < -0.4 is 5.32 Å². The highest BCUT2D eigenvalue weighted by molar-refractivity contribution is 7.11. The van der Waals surface area contributed by atoms with Gasteiger partial charge in [-0.3, -0.25) is 0 Å². The van der Waals surface area contributed by atoms with Crippen LogP contribution in [0.15, 0.2) is 0 Å². The smallest absolute Gasteiger partial charge is 0.0900 e. The molecule has 0 amide bonds. The summed E-state index contributed by atoms with van der Waals surface area (Å²) in [6, 6.07) is 0.323. The van der Waals surface area contributed by atoms with Crippen molar-refractivity contribution in [1.82, 2.24) is 10.3 Å². The van der Waals surface area contributed by atoms with E-state index >= 15 is 0 Å². The monoisotopic (exact) mass is 242 g/mol. The van der Waals surface area contributed by atoms with Gasteiger partial charge in [0.1, 0.15) is 0 Å². The first kappa shape index (κ1) is 13.6. The van der Waals surface area contributed by atoms with Crippen LogP contribution in [0.25, 0.3) is 0 Å². The summed E-state index contributed by atoms with van der Waals surface area (Å²) in [5, 5.41) is 4.65. The van der Waals surface area contributed by atoms with Crippen LogP contribution in [0.3, 0.4) is 0 Å². The Bertz CT molecular complexity index is 325. The number of aryl methyl sites for hydroxylation is 2. The van der Waals surface area contributed by atoms with E-state index in [-0.39, 0.29) is 0 Å². The van der Waals surface area contributed by atoms with E-state index in [1.165, 1.54) is 10.6 Å². The Morgan fingerprint density at radius 2 is 2.06 bits per heavy atom. The maximum atomic E-state index is 5.12. The van der Waals surface area contributed by atoms with Gasteiger partial charge in [0, 0.05) is 31.2 Å². The van der Waals surface area contributed by atoms with Crippen LogP contribution in [0.2, 0.25) is 0 Å². The zero-order valence-electron chi connectivity index (χ0n) is 10.8. The minimum absolute atomic E-state index is 0.323. The molecule has 1 aromatic rings. The lowest BCUT2D eigenvalue weighted by atomic mass is 10.1. The zero-order chi connectivity index (χ0) is 12.1. The van der Waals surface area contributed by atoms with Crippen LogP contribution >= 0.6 is 11.3 Å². The van der Waals surface area contributed by atoms with Gasteiger partial charge in [-0.1, -0.05) is 6.92 Å². The molecule has 2 unspecified atom stereocenters. The molecule has 0 saturated heterocycles. The van der Waals surface area contributed by atoms with E-state index in [1.807, 2.05) is 0 Å². The molecule has 0 aliphatic heterocycles. The molecule has 2 atom stereocenters. The van der Waals surface area contributed by atoms with Gasteiger partial charge in [0.25, 0.3) is 0 Å². The third-order valence-corrected chi connectivity index (χ3v) is 3.48. The van der Waals surface area contributed by atoms with Crippen molar-refractivity contribution in [2.45, 2.75) is 33.7 Å². The van der Waals surface area contributed by atoms with E-state index in [0.717, 1.165) is 18.2 Å². The highest BCUT2D eigenvalue weighted by atomic mass is 32.1. The maximum absolute atomic E-state index is 5.12. The number of hydrogen-bond acceptors (Lipinski definition) is 4. The average molecular weight is 242 g/mol. The standard InChI is InChI=1S/C12H22N2OS/c1-8(7-15-5)6-13-9(2)12-10(3)16-11(4)14-12/h8-9,13H,6-7H2,1-5H3. The van der Waals surface area contributed by atoms with Gasteiger partial charge in [-0.05, 0) is 26.7 Å². The van der Waals surface area contributed by atoms with Crippen molar-refractivity contribution < 1.29 is 4.74 Å². The fraction of sp³-hybridized carbons (Fsp3) is 0.750. The molecule has 0 aliphatic rings. The fourth-order valence-electron chi connectivity index (χ4n) is 1.76. The van der Waals surface area contributed by atoms with Gasteiger partial charge in [-0.25, -0.2) is 4.98 Å². The first-order valence-electron chi connectivity index (χ1n) is 5.70. The third kappa shape index (κ3) is 3.85. The number of rotatable bonds is 6. The molecule has 4 heteroatoms. The average Bonchev–Trinajstić information content (AvgIpc) is 2.55. The summed E-state index contributed by atoms with van der Waals surface area (Å²) >= 11 is 1.77. The lowest BCUT2D eigenvalue weighted by Gasteiger charge is -2.16. The Labute approximate surface area is 102 Å². The minimum atomic E-state index is 0.323. The Morgan fingerprint density at radius 3 is 2.56 bits per heavy atom. The van der Waals surface area contributed by atoms with Gasteiger partial charge in [0.15, 0.2) is 0 Å². The van der Waals surface area contributed by atoms with Crippen LogP contribution in [0.1, 0.15) is 35.5 Å². The molecule has 0 aromatic carbocycles. The molecule has 0 radical (unpaired) electrons. The van der Waals surface area contributed by atoms with Crippen LogP contribution in [0.5, 0.6) is 0 Å². The summed E-state index contributed by atoms with van der Waals surface area (Å²) in [6.45, 7) is 10.3. The van der Waals surface area contributed by atoms with E-state index in [1.54, 1.807) is 18.4 Å². The van der Waals surface area contributed by atoms with E-state index in [9.17, 15) is 0 Å². The second kappa shape index (κ2) is 6.33. The van der Waals surface area contributed by atoms with E-state index in [2.05, 4.69) is 38.0 Å². The van der Waals surface area contributed by atoms with Gasteiger partial charge in [0.05, 0.1) is 10.7 Å². The zero-order valence-corrected chi connectivity index (χ0v) is 11.6. The fourth-order valence-corrected chi connectivity index (χ4v) is 2.68. The van der Waals surface area contributed by atoms with Crippen LogP contribution in [-0.2, 0) is 4.74 Å². The summed E-state index contributed by atoms with van der Waals surface area (Å²) < 4.78 is 5.12. The summed E-state index contributed by atoms with van der Waals surface area (Å²) in [5.41, 5.74) is 1.19. The van der Waals surface area contributed by atoms with Crippen molar-refractivity contribution in [2.75, 3.05) is 20.3 Å². The number of aromatic nitrogens is 1. The molecule has 1 heterocycles. The summed E-state index contributed by atoms with van der Waals surface area (Å²) in [5.74, 6) is 0.535. The van der Waals surface area contributed by atoms with Crippen molar-refractivity contribution in [3.05, 3.63) is 15.6 Å². The molecular weight excluding hydrogens is 220 g/mol. The molecule has 0 fully saturated rings. The molecule has 0 spiro atoms. The highest BCUT2D eigenvalue weighted by Gasteiger charge is 2.13. The van der Waals surface area contributed by atoms with Crippen molar-refractivity contribution >= 4 is 11.3 Å². The van der Waals surface area contributed by atoms with Crippen molar-refractivity contribution in [2.24, 2.45) is 5.92 Å². The number of ether oxygens (including phenoxy) is 1. The second-order valence-corrected chi connectivity index (χ2v) is 5.77. The lowest BCUT2D eigenvalue weighted by molar-refractivity contribution is 0.157. The maximum Gasteiger partial charge on any atom is 0.0900 e. The second-order valence-electron chi connectivity index (χ2n) is 4.36. The molecule has 16 heavy (non-hydrogen) atoms. The number of nitrogens with one attached hydrogen (secondary N) is 1. The van der Waals surface area contributed by atoms with Gasteiger partial charge < -0.3 is 10.1 Å². The van der Waals surface area contributed by atoms with E-state index in [4.69, 9.17) is 4.74 Å². The quantitative estimate of drug-likeness (QED) is 0.833. The molecule has 92 valence electrons. The first-order chi connectivity index (χ1) is 7.54. The number of hydrogen-bond donors (Lipinski definition) is 1. The largest absolute Gasteiger partial charge is 0.384 e. The molecule has 0 aliphatic carbocycles. The SMILES string of the molecule is COCC(C)CNC(C)c1nc(C)sc1C. The molecule has 3 nitrogen and oxygen atoms in total. The summed E-state index contributed by atoms with van der Waals surface area (Å²) in [6.07, 6.45) is 0. The third-order valence-electron chi connectivity index (χ3n) is 2.57. The van der Waals surface area contributed by atoms with Crippen molar-refractivity contribution in [3.63, 3.8) is 0 Å². The predicted octanol–water partition coefficient (Wildman–Crippen LogP) is 2.69. The topological polar surface area (TPSA) is 34.1 Å². The molecule has 1 aromatic heterocycles. The van der Waals surface area contributed by atoms with Crippen LogP contribution in [-0.4, -0.2) is 25.2 Å². The summed E-state index contributed by atoms with van der Waals surface area (Å²) in [4.78, 5) is 5.88. The Hall–Kier alpha value is -0.450. The minimum Gasteiger partial charge on any atom is -0.384 e. The number of nitrogens with zero attached hydrogens (tertiary/aromatic N) is 1. The summed E-state index contributed by atoms with van der Waals surface area (Å²) in [7, 11) is 1.74. The molecule has 0 bridgehead atoms. The van der Waals surface area contributed by atoms with Crippen LogP contribution in [0.4, 0.5) is 0 Å². The van der Waals surface area contributed by atoms with Gasteiger partial charge in [-0.15, -0.1) is 11.3 Å². The van der Waals surface area contributed by atoms with E-state index in [0.29, 0.717) is 12.0 Å². The Kier molecular flexibility index (Phi) is 5.38.